The zero-order valence-corrected chi connectivity index (χ0v) is 11.6. The summed E-state index contributed by atoms with van der Waals surface area (Å²) in [4.78, 5) is 4.37. The van der Waals surface area contributed by atoms with Crippen molar-refractivity contribution in [2.24, 2.45) is 5.92 Å². The molecule has 3 nitrogen and oxygen atoms in total. The topological polar surface area (TPSA) is 29.9 Å². The Balaban J connectivity index is 2.18. The maximum Gasteiger partial charge on any atom is 0.207 e. The van der Waals surface area contributed by atoms with Crippen molar-refractivity contribution < 1.29 is 0 Å². The number of benzene rings is 1. The monoisotopic (exact) mass is 243 g/mol. The van der Waals surface area contributed by atoms with Crippen LogP contribution in [0.1, 0.15) is 25.0 Å². The highest BCUT2D eigenvalue weighted by Crippen LogP contribution is 2.19. The predicted octanol–water partition coefficient (Wildman–Crippen LogP) is 3.90. The Morgan fingerprint density at radius 2 is 2.00 bits per heavy atom. The smallest absolute Gasteiger partial charge is 0.207 e. The molecule has 0 aliphatic carbocycles. The second kappa shape index (κ2) is 5.25. The van der Waals surface area contributed by atoms with Crippen LogP contribution in [0.15, 0.2) is 30.6 Å². The van der Waals surface area contributed by atoms with Gasteiger partial charge in [0.1, 0.15) is 0 Å². The molecule has 0 saturated carbocycles. The Morgan fingerprint density at radius 3 is 2.67 bits per heavy atom. The quantitative estimate of drug-likeness (QED) is 0.882. The minimum absolute atomic E-state index is 0.611. The highest BCUT2D eigenvalue weighted by atomic mass is 15.2. The number of hydrogen-bond acceptors (Lipinski definition) is 2. The van der Waals surface area contributed by atoms with Crippen LogP contribution in [-0.2, 0) is 6.54 Å². The number of rotatable bonds is 4. The number of nitrogens with one attached hydrogen (secondary N) is 1. The summed E-state index contributed by atoms with van der Waals surface area (Å²) in [5.41, 5.74) is 3.70. The van der Waals surface area contributed by atoms with Crippen LogP contribution in [-0.4, -0.2) is 9.55 Å². The van der Waals surface area contributed by atoms with Gasteiger partial charge < -0.3 is 9.88 Å². The Kier molecular flexibility index (Phi) is 3.70. The molecule has 0 atom stereocenters. The molecule has 0 aliphatic heterocycles. The van der Waals surface area contributed by atoms with E-state index in [1.165, 1.54) is 11.1 Å². The summed E-state index contributed by atoms with van der Waals surface area (Å²) in [6, 6.07) is 6.38. The van der Waals surface area contributed by atoms with Crippen molar-refractivity contribution >= 4 is 11.6 Å². The second-order valence-electron chi connectivity index (χ2n) is 5.22. The molecule has 0 unspecified atom stereocenters. The first-order valence-corrected chi connectivity index (χ1v) is 6.41. The SMILES string of the molecule is Cc1ccc(Nc2nccn2CC(C)C)cc1C. The molecule has 2 aromatic rings. The average molecular weight is 243 g/mol. The van der Waals surface area contributed by atoms with E-state index in [1.807, 2.05) is 12.4 Å². The van der Waals surface area contributed by atoms with Gasteiger partial charge in [-0.25, -0.2) is 4.98 Å². The maximum absolute atomic E-state index is 4.37. The fourth-order valence-corrected chi connectivity index (χ4v) is 1.92. The number of aryl methyl sites for hydroxylation is 2. The van der Waals surface area contributed by atoms with E-state index in [4.69, 9.17) is 0 Å². The van der Waals surface area contributed by atoms with E-state index in [0.29, 0.717) is 5.92 Å². The lowest BCUT2D eigenvalue weighted by atomic mass is 10.1. The summed E-state index contributed by atoms with van der Waals surface area (Å²) in [5.74, 6) is 1.52. The minimum atomic E-state index is 0.611. The van der Waals surface area contributed by atoms with Crippen LogP contribution in [0.3, 0.4) is 0 Å². The Morgan fingerprint density at radius 1 is 1.22 bits per heavy atom. The van der Waals surface area contributed by atoms with Crippen LogP contribution in [0.4, 0.5) is 11.6 Å². The van der Waals surface area contributed by atoms with Crippen molar-refractivity contribution in [2.45, 2.75) is 34.2 Å². The van der Waals surface area contributed by atoms with E-state index >= 15 is 0 Å². The van der Waals surface area contributed by atoms with E-state index in [1.54, 1.807) is 0 Å². The predicted molar refractivity (Wildman–Crippen MR) is 76.3 cm³/mol. The van der Waals surface area contributed by atoms with Gasteiger partial charge in [0, 0.05) is 24.6 Å². The fraction of sp³-hybridized carbons (Fsp3) is 0.400. The molecule has 1 N–H and O–H groups in total. The first-order chi connectivity index (χ1) is 8.56. The highest BCUT2D eigenvalue weighted by molar-refractivity contribution is 5.55. The maximum atomic E-state index is 4.37. The molecule has 0 bridgehead atoms. The fourth-order valence-electron chi connectivity index (χ4n) is 1.92. The number of hydrogen-bond donors (Lipinski definition) is 1. The summed E-state index contributed by atoms with van der Waals surface area (Å²) < 4.78 is 2.15. The van der Waals surface area contributed by atoms with Crippen molar-refractivity contribution in [3.63, 3.8) is 0 Å². The van der Waals surface area contributed by atoms with E-state index in [0.717, 1.165) is 18.2 Å². The van der Waals surface area contributed by atoms with E-state index in [9.17, 15) is 0 Å². The molecule has 96 valence electrons. The molecule has 3 heteroatoms. The summed E-state index contributed by atoms with van der Waals surface area (Å²) in [6.45, 7) is 9.65. The Labute approximate surface area is 109 Å². The molecule has 0 aliphatic rings. The first-order valence-electron chi connectivity index (χ1n) is 6.41. The van der Waals surface area contributed by atoms with Crippen molar-refractivity contribution in [3.8, 4) is 0 Å². The lowest BCUT2D eigenvalue weighted by molar-refractivity contribution is 0.527. The largest absolute Gasteiger partial charge is 0.326 e. The zero-order chi connectivity index (χ0) is 13.1. The van der Waals surface area contributed by atoms with Crippen LogP contribution in [0, 0.1) is 19.8 Å². The van der Waals surface area contributed by atoms with Gasteiger partial charge in [-0.2, -0.15) is 0 Å². The van der Waals surface area contributed by atoms with Crippen LogP contribution in [0.2, 0.25) is 0 Å². The van der Waals surface area contributed by atoms with Crippen molar-refractivity contribution in [1.29, 1.82) is 0 Å². The third-order valence-electron chi connectivity index (χ3n) is 3.04. The Bertz CT molecular complexity index is 526. The summed E-state index contributed by atoms with van der Waals surface area (Å²) >= 11 is 0. The third-order valence-corrected chi connectivity index (χ3v) is 3.04. The standard InChI is InChI=1S/C15H21N3/c1-11(2)10-18-8-7-16-15(18)17-14-6-5-12(3)13(4)9-14/h5-9,11H,10H2,1-4H3,(H,16,17). The number of anilines is 2. The van der Waals surface area contributed by atoms with E-state index < -0.39 is 0 Å². The molecule has 1 aromatic heterocycles. The Hall–Kier alpha value is -1.77. The first kappa shape index (κ1) is 12.7. The molecule has 0 saturated heterocycles. The van der Waals surface area contributed by atoms with Crippen LogP contribution in [0.25, 0.3) is 0 Å². The summed E-state index contributed by atoms with van der Waals surface area (Å²) in [5, 5.41) is 3.38. The molecule has 18 heavy (non-hydrogen) atoms. The average Bonchev–Trinajstić information content (AvgIpc) is 2.70. The molecule has 1 aromatic carbocycles. The highest BCUT2D eigenvalue weighted by Gasteiger charge is 2.05. The van der Waals surface area contributed by atoms with Gasteiger partial charge in [0.05, 0.1) is 0 Å². The van der Waals surface area contributed by atoms with E-state index in [-0.39, 0.29) is 0 Å². The molecule has 0 amide bonds. The lowest BCUT2D eigenvalue weighted by Gasteiger charge is -2.12. The number of nitrogens with zero attached hydrogens (tertiary/aromatic N) is 2. The van der Waals surface area contributed by atoms with Crippen LogP contribution < -0.4 is 5.32 Å². The molecular formula is C15H21N3. The van der Waals surface area contributed by atoms with Crippen molar-refractivity contribution in [1.82, 2.24) is 9.55 Å². The molecule has 0 fully saturated rings. The summed E-state index contributed by atoms with van der Waals surface area (Å²) in [6.07, 6.45) is 3.86. The third kappa shape index (κ3) is 2.92. The molecule has 0 radical (unpaired) electrons. The van der Waals surface area contributed by atoms with Crippen molar-refractivity contribution in [3.05, 3.63) is 41.7 Å². The zero-order valence-electron chi connectivity index (χ0n) is 11.6. The lowest BCUT2D eigenvalue weighted by Crippen LogP contribution is -2.07. The van der Waals surface area contributed by atoms with Gasteiger partial charge in [-0.15, -0.1) is 0 Å². The van der Waals surface area contributed by atoms with Gasteiger partial charge in [0.25, 0.3) is 0 Å². The minimum Gasteiger partial charge on any atom is -0.326 e. The molecule has 2 rings (SSSR count). The number of aromatic nitrogens is 2. The van der Waals surface area contributed by atoms with Crippen LogP contribution in [0.5, 0.6) is 0 Å². The van der Waals surface area contributed by atoms with Crippen LogP contribution >= 0.6 is 0 Å². The van der Waals surface area contributed by atoms with Gasteiger partial charge in [-0.1, -0.05) is 19.9 Å². The van der Waals surface area contributed by atoms with Gasteiger partial charge in [-0.3, -0.25) is 0 Å². The van der Waals surface area contributed by atoms with Gasteiger partial charge >= 0.3 is 0 Å². The molecule has 0 spiro atoms. The second-order valence-corrected chi connectivity index (χ2v) is 5.22. The van der Waals surface area contributed by atoms with Gasteiger partial charge in [0.15, 0.2) is 0 Å². The van der Waals surface area contributed by atoms with E-state index in [2.05, 4.69) is 60.8 Å². The molecule has 1 heterocycles. The normalized spacial score (nSPS) is 10.9. The van der Waals surface area contributed by atoms with Gasteiger partial charge in [-0.05, 0) is 43.0 Å². The number of imidazole rings is 1. The molecular weight excluding hydrogens is 222 g/mol. The summed E-state index contributed by atoms with van der Waals surface area (Å²) in [7, 11) is 0. The van der Waals surface area contributed by atoms with Crippen molar-refractivity contribution in [2.75, 3.05) is 5.32 Å². The van der Waals surface area contributed by atoms with Gasteiger partial charge in [0.2, 0.25) is 5.95 Å².